The smallest absolute Gasteiger partial charge is 0.261 e. The van der Waals surface area contributed by atoms with Crippen molar-refractivity contribution in [2.45, 2.75) is 79.8 Å². The molecule has 0 amide bonds. The number of nitrogens with two attached hydrogens (primary N) is 1. The largest absolute Gasteiger partial charge is 0.333 e. The third-order valence-corrected chi connectivity index (χ3v) is 8.22. The first-order valence-electron chi connectivity index (χ1n) is 13.8. The average molecular weight is 658 g/mol. The molecular weight excluding hydrogens is 618 g/mol. The van der Waals surface area contributed by atoms with Gasteiger partial charge in [-0.3, -0.25) is 18.7 Å². The van der Waals surface area contributed by atoms with E-state index in [0.29, 0.717) is 5.39 Å². The number of aromatic nitrogens is 4. The van der Waals surface area contributed by atoms with Gasteiger partial charge in [0.05, 0.1) is 21.8 Å². The van der Waals surface area contributed by atoms with E-state index < -0.39 is 0 Å². The van der Waals surface area contributed by atoms with Crippen LogP contribution in [0.1, 0.15) is 64.7 Å². The molecule has 7 nitrogen and oxygen atoms in total. The van der Waals surface area contributed by atoms with Gasteiger partial charge in [0, 0.05) is 47.5 Å². The summed E-state index contributed by atoms with van der Waals surface area (Å²) in [5.74, 6) is 1.87. The van der Waals surface area contributed by atoms with Gasteiger partial charge in [-0.2, -0.15) is 0 Å². The van der Waals surface area contributed by atoms with Crippen molar-refractivity contribution in [3.8, 4) is 0 Å². The van der Waals surface area contributed by atoms with Crippen LogP contribution in [0.5, 0.6) is 0 Å². The number of aryl methyl sites for hydroxylation is 3. The molecule has 4 heterocycles. The second kappa shape index (κ2) is 12.7. The molecule has 4 aromatic rings. The maximum absolute atomic E-state index is 12.6. The van der Waals surface area contributed by atoms with Gasteiger partial charge in [0.1, 0.15) is 11.6 Å². The van der Waals surface area contributed by atoms with Crippen LogP contribution in [0.2, 0.25) is 0 Å². The molecule has 2 aliphatic rings. The predicted molar refractivity (Wildman–Crippen MR) is 163 cm³/mol. The zero-order chi connectivity index (χ0) is 28.5. The third-order valence-electron chi connectivity index (χ3n) is 7.73. The summed E-state index contributed by atoms with van der Waals surface area (Å²) in [6.07, 6.45) is 4.93. The predicted octanol–water partition coefficient (Wildman–Crippen LogP) is 5.64. The van der Waals surface area contributed by atoms with Crippen molar-refractivity contribution in [1.82, 2.24) is 19.1 Å². The van der Waals surface area contributed by atoms with Crippen molar-refractivity contribution >= 4 is 37.7 Å². The van der Waals surface area contributed by atoms with Crippen molar-refractivity contribution < 1.29 is 17.1 Å². The first-order chi connectivity index (χ1) is 18.5. The Morgan fingerprint density at radius 1 is 0.800 bits per heavy atom. The van der Waals surface area contributed by atoms with Gasteiger partial charge in [-0.05, 0) is 73.0 Å². The van der Waals surface area contributed by atoms with Crippen LogP contribution in [0.15, 0.2) is 50.5 Å². The van der Waals surface area contributed by atoms with E-state index in [0.717, 1.165) is 77.7 Å². The van der Waals surface area contributed by atoms with E-state index in [1.165, 1.54) is 12.6 Å². The molecule has 219 valence electrons. The molecule has 2 N–H and O–H groups in total. The molecule has 40 heavy (non-hydrogen) atoms. The van der Waals surface area contributed by atoms with Crippen molar-refractivity contribution in [2.24, 2.45) is 16.6 Å². The van der Waals surface area contributed by atoms with Crippen LogP contribution >= 0.6 is 15.9 Å². The number of halogens is 1. The fourth-order valence-electron chi connectivity index (χ4n) is 5.40. The molecule has 0 bridgehead atoms. The molecule has 0 aliphatic carbocycles. The molecule has 2 aromatic carbocycles. The summed E-state index contributed by atoms with van der Waals surface area (Å²) in [7, 11) is 1.50. The Morgan fingerprint density at radius 2 is 1.25 bits per heavy atom. The van der Waals surface area contributed by atoms with E-state index in [1.54, 1.807) is 0 Å². The van der Waals surface area contributed by atoms with Gasteiger partial charge < -0.3 is 5.73 Å². The minimum absolute atomic E-state index is 0. The van der Waals surface area contributed by atoms with Gasteiger partial charge in [0.2, 0.25) is 0 Å². The van der Waals surface area contributed by atoms with E-state index in [2.05, 4.69) is 67.3 Å². The van der Waals surface area contributed by atoms with E-state index in [1.807, 2.05) is 39.5 Å². The molecular formula is C31H40BrCuN5O2. The molecule has 0 atom stereocenters. The van der Waals surface area contributed by atoms with Gasteiger partial charge in [0.25, 0.3) is 11.1 Å². The Morgan fingerprint density at radius 3 is 1.73 bits per heavy atom. The Labute approximate surface area is 255 Å². The van der Waals surface area contributed by atoms with E-state index >= 15 is 0 Å². The molecule has 6 rings (SSSR count). The normalized spacial score (nSPS) is 16.4. The summed E-state index contributed by atoms with van der Waals surface area (Å²) in [4.78, 5) is 34.4. The standard InChI is InChI=1S/C16H20N2O.C14H15BrN2O.CH5N.Cu/c1-4-11-5-6-12-13(9-11)17-14-7-8-16(2,3)10-18(14)15(12)19;1-14(2)6-5-12-16-11-7-9(15)3-4-10(11)13(18)17(12)8-14;1-2;/h5-6,9H,4,7-8,10H2,1-3H3;3-4,7H,5-6,8H2,1-2H3;2H2,1H3;. The number of fused-ring (bicyclic) bond motifs is 4. The van der Waals surface area contributed by atoms with Crippen molar-refractivity contribution in [2.75, 3.05) is 7.05 Å². The number of nitrogens with zero attached hydrogens (tertiary/aromatic N) is 4. The van der Waals surface area contributed by atoms with Gasteiger partial charge in [-0.15, -0.1) is 0 Å². The second-order valence-corrected chi connectivity index (χ2v) is 12.9. The summed E-state index contributed by atoms with van der Waals surface area (Å²) in [6.45, 7) is 12.5. The Kier molecular flexibility index (Phi) is 10.2. The van der Waals surface area contributed by atoms with Gasteiger partial charge in [-0.25, -0.2) is 9.97 Å². The topological polar surface area (TPSA) is 95.8 Å². The minimum atomic E-state index is 0. The first kappa shape index (κ1) is 32.2. The zero-order valence-corrected chi connectivity index (χ0v) is 26.8. The molecule has 0 saturated carbocycles. The van der Waals surface area contributed by atoms with Crippen molar-refractivity contribution in [3.05, 3.63) is 78.8 Å². The van der Waals surface area contributed by atoms with E-state index in [4.69, 9.17) is 4.98 Å². The summed E-state index contributed by atoms with van der Waals surface area (Å²) >= 11 is 3.42. The summed E-state index contributed by atoms with van der Waals surface area (Å²) in [6, 6.07) is 11.7. The fraction of sp³-hybridized carbons (Fsp3) is 0.484. The average Bonchev–Trinajstić information content (AvgIpc) is 2.90. The van der Waals surface area contributed by atoms with Gasteiger partial charge in [-0.1, -0.05) is 56.6 Å². The minimum Gasteiger partial charge on any atom is -0.333 e. The molecule has 0 saturated heterocycles. The number of hydrogen-bond acceptors (Lipinski definition) is 5. The number of hydrogen-bond donors (Lipinski definition) is 1. The van der Waals surface area contributed by atoms with Gasteiger partial charge >= 0.3 is 0 Å². The Balaban J connectivity index is 0.000000203. The number of rotatable bonds is 1. The van der Waals surface area contributed by atoms with Crippen molar-refractivity contribution in [1.29, 1.82) is 0 Å². The molecule has 2 aliphatic heterocycles. The maximum atomic E-state index is 12.6. The van der Waals surface area contributed by atoms with Crippen LogP contribution in [0, 0.1) is 10.8 Å². The van der Waals surface area contributed by atoms with Crippen LogP contribution in [0.25, 0.3) is 21.8 Å². The molecule has 1 radical (unpaired) electrons. The second-order valence-electron chi connectivity index (χ2n) is 12.0. The first-order valence-corrected chi connectivity index (χ1v) is 14.5. The number of benzene rings is 2. The van der Waals surface area contributed by atoms with Crippen molar-refractivity contribution in [3.63, 3.8) is 0 Å². The van der Waals surface area contributed by atoms with Crippen LogP contribution in [0.3, 0.4) is 0 Å². The van der Waals surface area contributed by atoms with Crippen LogP contribution < -0.4 is 16.9 Å². The SMILES string of the molecule is CC1(C)CCc2nc3cc(Br)ccc3c(=O)n2C1.CCc1ccc2c(=O)n3c(nc2c1)CCC(C)(C)C3.CN.[Cu]. The maximum Gasteiger partial charge on any atom is 0.261 e. The van der Waals surface area contributed by atoms with Crippen LogP contribution in [-0.2, 0) is 49.4 Å². The summed E-state index contributed by atoms with van der Waals surface area (Å²) in [5, 5.41) is 1.46. The quantitative estimate of drug-likeness (QED) is 0.268. The molecule has 2 aromatic heterocycles. The Hall–Kier alpha value is -2.32. The molecule has 0 unspecified atom stereocenters. The van der Waals surface area contributed by atoms with Gasteiger partial charge in [0.15, 0.2) is 0 Å². The molecule has 0 spiro atoms. The van der Waals surface area contributed by atoms with Crippen LogP contribution in [0.4, 0.5) is 0 Å². The Bertz CT molecular complexity index is 1640. The molecule has 9 heteroatoms. The molecule has 0 fully saturated rings. The zero-order valence-electron chi connectivity index (χ0n) is 24.3. The monoisotopic (exact) mass is 656 g/mol. The summed E-state index contributed by atoms with van der Waals surface area (Å²) < 4.78 is 4.68. The van der Waals surface area contributed by atoms with Crippen LogP contribution in [-0.4, -0.2) is 26.1 Å². The fourth-order valence-corrected chi connectivity index (χ4v) is 5.74. The van der Waals surface area contributed by atoms with E-state index in [9.17, 15) is 9.59 Å². The third kappa shape index (κ3) is 6.76. The summed E-state index contributed by atoms with van der Waals surface area (Å²) in [5.41, 5.74) is 7.97. The van der Waals surface area contributed by atoms with E-state index in [-0.39, 0.29) is 39.0 Å².